The summed E-state index contributed by atoms with van der Waals surface area (Å²) in [5.74, 6) is -3.06. The highest BCUT2D eigenvalue weighted by atomic mass is 19.2. The number of nitrogens with zero attached hydrogens (tertiary/aromatic N) is 5. The normalized spacial score (nSPS) is 24.4. The number of halogens is 3. The number of ether oxygens (including phenoxy) is 1. The average Bonchev–Trinajstić information content (AvgIpc) is 3.59. The van der Waals surface area contributed by atoms with E-state index in [9.17, 15) is 9.50 Å². The number of aromatic hydroxyl groups is 1. The smallest absolute Gasteiger partial charge is 0.319 e. The number of hydrogen-bond acceptors (Lipinski definition) is 8. The predicted molar refractivity (Wildman–Crippen MR) is 145 cm³/mol. The number of likely N-dealkylation sites (tertiary alicyclic amines) is 1. The van der Waals surface area contributed by atoms with Crippen LogP contribution in [0.2, 0.25) is 0 Å². The Labute approximate surface area is 233 Å². The second-order valence-corrected chi connectivity index (χ2v) is 10.8. The summed E-state index contributed by atoms with van der Waals surface area (Å²) < 4.78 is 75.2. The van der Waals surface area contributed by atoms with Crippen molar-refractivity contribution in [2.24, 2.45) is 0 Å². The van der Waals surface area contributed by atoms with Crippen molar-refractivity contribution in [1.29, 1.82) is 0 Å². The Morgan fingerprint density at radius 2 is 1.93 bits per heavy atom. The van der Waals surface area contributed by atoms with E-state index >= 15 is 8.78 Å². The lowest BCUT2D eigenvalue weighted by Crippen LogP contribution is -2.51. The molecule has 3 aliphatic rings. The Kier molecular flexibility index (Phi) is 5.37. The number of phenols is 1. The Morgan fingerprint density at radius 3 is 2.73 bits per heavy atom. The molecule has 3 atom stereocenters. The van der Waals surface area contributed by atoms with Gasteiger partial charge in [-0.1, -0.05) is 6.07 Å². The predicted octanol–water partition coefficient (Wildman–Crippen LogP) is 4.38. The van der Waals surface area contributed by atoms with E-state index < -0.39 is 24.4 Å². The zero-order chi connectivity index (χ0) is 30.0. The molecular weight excluding hydrogens is 521 g/mol. The second kappa shape index (κ2) is 9.74. The van der Waals surface area contributed by atoms with E-state index in [-0.39, 0.29) is 64.0 Å². The molecule has 11 heteroatoms. The van der Waals surface area contributed by atoms with Gasteiger partial charge in [-0.3, -0.25) is 4.98 Å². The Balaban J connectivity index is 1.35. The zero-order valence-corrected chi connectivity index (χ0v) is 21.5. The van der Waals surface area contributed by atoms with Crippen LogP contribution >= 0.6 is 0 Å². The van der Waals surface area contributed by atoms with Gasteiger partial charge in [0.05, 0.1) is 5.39 Å². The van der Waals surface area contributed by atoms with Gasteiger partial charge in [-0.15, -0.1) is 0 Å². The van der Waals surface area contributed by atoms with Crippen LogP contribution in [-0.4, -0.2) is 76.3 Å². The number of hydrogen-bond donors (Lipinski definition) is 2. The van der Waals surface area contributed by atoms with Crippen molar-refractivity contribution in [3.63, 3.8) is 0 Å². The molecule has 8 nitrogen and oxygen atoms in total. The molecule has 40 heavy (non-hydrogen) atoms. The number of anilines is 1. The van der Waals surface area contributed by atoms with Crippen LogP contribution in [0.15, 0.2) is 30.5 Å². The third-order valence-electron chi connectivity index (χ3n) is 8.19. The molecule has 2 bridgehead atoms. The van der Waals surface area contributed by atoms with E-state index in [1.807, 2.05) is 4.90 Å². The molecule has 3 saturated heterocycles. The van der Waals surface area contributed by atoms with Crippen LogP contribution in [0, 0.1) is 17.5 Å². The first-order valence-corrected chi connectivity index (χ1v) is 13.4. The summed E-state index contributed by atoms with van der Waals surface area (Å²) in [4.78, 5) is 16.8. The largest absolute Gasteiger partial charge is 0.508 e. The van der Waals surface area contributed by atoms with E-state index in [4.69, 9.17) is 8.85 Å². The van der Waals surface area contributed by atoms with Crippen LogP contribution in [0.3, 0.4) is 0 Å². The van der Waals surface area contributed by atoms with Crippen molar-refractivity contribution in [1.82, 2.24) is 25.2 Å². The Morgan fingerprint density at radius 1 is 1.10 bits per heavy atom. The van der Waals surface area contributed by atoms with Gasteiger partial charge in [0, 0.05) is 52.5 Å². The minimum absolute atomic E-state index is 0.00259. The number of likely N-dealkylation sites (N-methyl/N-ethyl adjacent to an activating group) is 1. The number of rotatable bonds is 5. The van der Waals surface area contributed by atoms with E-state index in [0.29, 0.717) is 43.7 Å². The van der Waals surface area contributed by atoms with Gasteiger partial charge in [-0.25, -0.2) is 13.2 Å². The van der Waals surface area contributed by atoms with Crippen LogP contribution in [0.25, 0.3) is 32.9 Å². The number of pyridine rings is 1. The molecule has 3 aliphatic heterocycles. The second-order valence-electron chi connectivity index (χ2n) is 10.8. The molecule has 0 aliphatic carbocycles. The fourth-order valence-corrected chi connectivity index (χ4v) is 6.23. The molecule has 7 rings (SSSR count). The maximum absolute atomic E-state index is 16.5. The van der Waals surface area contributed by atoms with Gasteiger partial charge in [0.2, 0.25) is 0 Å². The van der Waals surface area contributed by atoms with Crippen LogP contribution in [0.4, 0.5) is 19.0 Å². The summed E-state index contributed by atoms with van der Waals surface area (Å²) in [6.07, 6.45) is 4.73. The lowest BCUT2D eigenvalue weighted by Gasteiger charge is -2.34. The quantitative estimate of drug-likeness (QED) is 0.377. The molecule has 2 aromatic carbocycles. The molecule has 0 amide bonds. The molecule has 0 unspecified atom stereocenters. The first-order chi connectivity index (χ1) is 20.6. The highest BCUT2D eigenvalue weighted by Gasteiger charge is 2.34. The van der Waals surface area contributed by atoms with Gasteiger partial charge < -0.3 is 25.0 Å². The molecule has 2 aromatic heterocycles. The lowest BCUT2D eigenvalue weighted by molar-refractivity contribution is 0.188. The van der Waals surface area contributed by atoms with Crippen molar-refractivity contribution in [3.8, 4) is 23.0 Å². The number of benzene rings is 2. The minimum Gasteiger partial charge on any atom is -0.508 e. The third kappa shape index (κ3) is 4.28. The monoisotopic (exact) mass is 553 g/mol. The van der Waals surface area contributed by atoms with E-state index in [1.165, 1.54) is 23.2 Å². The molecule has 0 saturated carbocycles. The molecule has 0 spiro atoms. The summed E-state index contributed by atoms with van der Waals surface area (Å²) >= 11 is 0. The lowest BCUT2D eigenvalue weighted by atomic mass is 9.99. The van der Waals surface area contributed by atoms with Crippen molar-refractivity contribution < 1.29 is 27.1 Å². The maximum Gasteiger partial charge on any atom is 0.319 e. The number of phenolic OH excluding ortho intramolecular Hbond substituents is 1. The highest BCUT2D eigenvalue weighted by molar-refractivity contribution is 6.00. The molecule has 2 N–H and O–H groups in total. The molecule has 4 aromatic rings. The molecule has 3 fully saturated rings. The van der Waals surface area contributed by atoms with Crippen molar-refractivity contribution >= 4 is 27.5 Å². The van der Waals surface area contributed by atoms with Gasteiger partial charge in [-0.2, -0.15) is 9.97 Å². The van der Waals surface area contributed by atoms with Gasteiger partial charge in [0.1, 0.15) is 29.4 Å². The average molecular weight is 554 g/mol. The number of fused-ring (bicyclic) bond motifs is 4. The van der Waals surface area contributed by atoms with Gasteiger partial charge in [-0.05, 0) is 62.8 Å². The molecule has 0 radical (unpaired) electrons. The fourth-order valence-electron chi connectivity index (χ4n) is 6.23. The SMILES string of the molecule is [2H]C([2H])([2H])N1CCC[C@H]1COc1nc(N2C[C@H]3CC[C@@H](C2)N3)c2cnc(-c3cc(O)cc4ccc(F)c(F)c34)c(F)c2n1. The van der Waals surface area contributed by atoms with E-state index in [2.05, 4.69) is 20.3 Å². The van der Waals surface area contributed by atoms with Crippen LogP contribution < -0.4 is 15.0 Å². The maximum atomic E-state index is 16.5. The van der Waals surface area contributed by atoms with Gasteiger partial charge in [0.15, 0.2) is 17.5 Å². The van der Waals surface area contributed by atoms with Crippen LogP contribution in [0.5, 0.6) is 11.8 Å². The third-order valence-corrected chi connectivity index (χ3v) is 8.19. The van der Waals surface area contributed by atoms with Crippen molar-refractivity contribution in [2.45, 2.75) is 43.8 Å². The van der Waals surface area contributed by atoms with Gasteiger partial charge >= 0.3 is 6.01 Å². The van der Waals surface area contributed by atoms with Crippen LogP contribution in [0.1, 0.15) is 29.8 Å². The summed E-state index contributed by atoms with van der Waals surface area (Å²) in [5, 5.41) is 14.2. The topological polar surface area (TPSA) is 86.6 Å². The zero-order valence-electron chi connectivity index (χ0n) is 24.5. The van der Waals surface area contributed by atoms with E-state index in [1.54, 1.807) is 0 Å². The first-order valence-electron chi connectivity index (χ1n) is 14.9. The number of nitrogens with one attached hydrogen (secondary N) is 1. The molecule has 208 valence electrons. The summed E-state index contributed by atoms with van der Waals surface area (Å²) in [7, 11) is 0. The Hall–Kier alpha value is -3.70. The highest BCUT2D eigenvalue weighted by Crippen LogP contribution is 2.39. The summed E-state index contributed by atoms with van der Waals surface area (Å²) in [6, 6.07) is 4.61. The molecule has 5 heterocycles. The first kappa shape index (κ1) is 22.0. The Bertz CT molecular complexity index is 1730. The standard InChI is InChI=1S/C29H29F3N6O2/c1-37-8-2-3-18(37)14-40-29-35-27-21(28(36-29)38-12-16-5-6-17(13-38)34-16)11-33-26(25(27)32)20-10-19(39)9-15-4-7-22(30)24(31)23(15)20/h4,7,9-11,16-18,34,39H,2-3,5-6,8,12-14H2,1H3/t16-,17+,18-/m0/s1/i1D3. The van der Waals surface area contributed by atoms with Crippen molar-refractivity contribution in [3.05, 3.63) is 47.9 Å². The summed E-state index contributed by atoms with van der Waals surface area (Å²) in [6.45, 7) is -0.607. The van der Waals surface area contributed by atoms with Crippen LogP contribution in [-0.2, 0) is 0 Å². The van der Waals surface area contributed by atoms with Gasteiger partial charge in [0.25, 0.3) is 0 Å². The van der Waals surface area contributed by atoms with E-state index in [0.717, 1.165) is 25.0 Å². The number of piperazine rings is 1. The molecular formula is C29H29F3N6O2. The fraction of sp³-hybridized carbons (Fsp3) is 0.414. The summed E-state index contributed by atoms with van der Waals surface area (Å²) in [5.41, 5.74) is -0.588. The van der Waals surface area contributed by atoms with Crippen molar-refractivity contribution in [2.75, 3.05) is 38.1 Å². The minimum atomic E-state index is -2.27. The number of aromatic nitrogens is 3.